The average Bonchev–Trinajstić information content (AvgIpc) is 2.29. The van der Waals surface area contributed by atoms with Crippen LogP contribution >= 0.6 is 11.6 Å². The molecule has 2 rings (SSSR count). The molecule has 0 aliphatic carbocycles. The van der Waals surface area contributed by atoms with Crippen LogP contribution in [0.5, 0.6) is 0 Å². The summed E-state index contributed by atoms with van der Waals surface area (Å²) in [5.74, 6) is -1.48. The summed E-state index contributed by atoms with van der Waals surface area (Å²) in [6.45, 7) is 3.74. The minimum atomic E-state index is -0.857. The molecule has 0 saturated carbocycles. The maximum Gasteiger partial charge on any atom is 0.312 e. The smallest absolute Gasteiger partial charge is 0.312 e. The van der Waals surface area contributed by atoms with Crippen LogP contribution in [0.4, 0.5) is 0 Å². The fourth-order valence-corrected chi connectivity index (χ4v) is 2.28. The second-order valence-corrected chi connectivity index (χ2v) is 5.01. The molecule has 0 fully saturated rings. The first-order valence-electron chi connectivity index (χ1n) is 5.78. The third-order valence-corrected chi connectivity index (χ3v) is 3.25. The first-order valence-corrected chi connectivity index (χ1v) is 6.16. The quantitative estimate of drug-likeness (QED) is 0.918. The maximum absolute atomic E-state index is 11.3. The predicted octanol–water partition coefficient (Wildman–Crippen LogP) is 3.71. The van der Waals surface area contributed by atoms with Gasteiger partial charge in [-0.05, 0) is 18.1 Å². The number of nitrogens with zero attached hydrogens (tertiary/aromatic N) is 1. The molecular weight excluding hydrogens is 250 g/mol. The SMILES string of the molecule is CC(C)C(C(=O)O)c1ccc2cccc(Cl)c2n1. The highest BCUT2D eigenvalue weighted by atomic mass is 35.5. The third kappa shape index (κ3) is 2.31. The van der Waals surface area contributed by atoms with Crippen molar-refractivity contribution < 1.29 is 9.90 Å². The molecule has 2 aromatic rings. The minimum Gasteiger partial charge on any atom is -0.481 e. The lowest BCUT2D eigenvalue weighted by Gasteiger charge is -2.16. The Morgan fingerprint density at radius 1 is 1.28 bits per heavy atom. The van der Waals surface area contributed by atoms with Gasteiger partial charge in [0.05, 0.1) is 16.2 Å². The lowest BCUT2D eigenvalue weighted by molar-refractivity contribution is -0.139. The zero-order valence-electron chi connectivity index (χ0n) is 10.2. The van der Waals surface area contributed by atoms with E-state index < -0.39 is 11.9 Å². The molecule has 94 valence electrons. The van der Waals surface area contributed by atoms with E-state index in [0.717, 1.165) is 5.39 Å². The molecule has 1 aromatic carbocycles. The van der Waals surface area contributed by atoms with Crippen molar-refractivity contribution in [1.82, 2.24) is 4.98 Å². The molecule has 1 atom stereocenters. The van der Waals surface area contributed by atoms with E-state index in [1.165, 1.54) is 0 Å². The van der Waals surface area contributed by atoms with Crippen LogP contribution in [-0.4, -0.2) is 16.1 Å². The minimum absolute atomic E-state index is 0.0186. The van der Waals surface area contributed by atoms with Crippen molar-refractivity contribution in [1.29, 1.82) is 0 Å². The number of aromatic nitrogens is 1. The van der Waals surface area contributed by atoms with Gasteiger partial charge in [0.25, 0.3) is 0 Å². The average molecular weight is 264 g/mol. The molecule has 0 aliphatic rings. The summed E-state index contributed by atoms with van der Waals surface area (Å²) < 4.78 is 0. The van der Waals surface area contributed by atoms with E-state index in [2.05, 4.69) is 4.98 Å². The molecule has 0 bridgehead atoms. The van der Waals surface area contributed by atoms with Gasteiger partial charge in [-0.25, -0.2) is 0 Å². The highest BCUT2D eigenvalue weighted by Crippen LogP contribution is 2.27. The van der Waals surface area contributed by atoms with Crippen molar-refractivity contribution in [2.75, 3.05) is 0 Å². The number of fused-ring (bicyclic) bond motifs is 1. The second kappa shape index (κ2) is 4.94. The Kier molecular flexibility index (Phi) is 3.53. The molecule has 0 amide bonds. The topological polar surface area (TPSA) is 50.2 Å². The van der Waals surface area contributed by atoms with Gasteiger partial charge in [-0.2, -0.15) is 0 Å². The zero-order chi connectivity index (χ0) is 13.3. The number of aliphatic carboxylic acids is 1. The molecule has 1 aromatic heterocycles. The van der Waals surface area contributed by atoms with Crippen molar-refractivity contribution in [3.63, 3.8) is 0 Å². The van der Waals surface area contributed by atoms with E-state index in [9.17, 15) is 9.90 Å². The summed E-state index contributed by atoms with van der Waals surface area (Å²) >= 11 is 6.08. The summed E-state index contributed by atoms with van der Waals surface area (Å²) in [7, 11) is 0. The Bertz CT molecular complexity index is 595. The monoisotopic (exact) mass is 263 g/mol. The Morgan fingerprint density at radius 3 is 2.61 bits per heavy atom. The van der Waals surface area contributed by atoms with Gasteiger partial charge in [-0.3, -0.25) is 9.78 Å². The molecular formula is C14H14ClNO2. The van der Waals surface area contributed by atoms with E-state index in [1.807, 2.05) is 32.0 Å². The Labute approximate surface area is 110 Å². The van der Waals surface area contributed by atoms with Crippen molar-refractivity contribution in [2.45, 2.75) is 19.8 Å². The first-order chi connectivity index (χ1) is 8.50. The van der Waals surface area contributed by atoms with Crippen LogP contribution in [0, 0.1) is 5.92 Å². The van der Waals surface area contributed by atoms with Crippen molar-refractivity contribution >= 4 is 28.5 Å². The second-order valence-electron chi connectivity index (χ2n) is 4.61. The van der Waals surface area contributed by atoms with Gasteiger partial charge in [-0.1, -0.05) is 43.6 Å². The van der Waals surface area contributed by atoms with Crippen LogP contribution in [0.3, 0.4) is 0 Å². The summed E-state index contributed by atoms with van der Waals surface area (Å²) in [4.78, 5) is 15.7. The summed E-state index contributed by atoms with van der Waals surface area (Å²) in [6.07, 6.45) is 0. The van der Waals surface area contributed by atoms with Crippen molar-refractivity contribution in [3.8, 4) is 0 Å². The number of benzene rings is 1. The van der Waals surface area contributed by atoms with Crippen LogP contribution in [-0.2, 0) is 4.79 Å². The molecule has 0 saturated heterocycles. The highest BCUT2D eigenvalue weighted by Gasteiger charge is 2.25. The van der Waals surface area contributed by atoms with Gasteiger partial charge >= 0.3 is 5.97 Å². The lowest BCUT2D eigenvalue weighted by Crippen LogP contribution is -2.18. The van der Waals surface area contributed by atoms with E-state index in [-0.39, 0.29) is 5.92 Å². The van der Waals surface area contributed by atoms with Crippen LogP contribution in [0.1, 0.15) is 25.5 Å². The standard InChI is InChI=1S/C14H14ClNO2/c1-8(2)12(14(17)18)11-7-6-9-4-3-5-10(15)13(9)16-11/h3-8,12H,1-2H3,(H,17,18). The number of pyridine rings is 1. The molecule has 3 nitrogen and oxygen atoms in total. The molecule has 1 N–H and O–H groups in total. The molecule has 0 aliphatic heterocycles. The maximum atomic E-state index is 11.3. The van der Waals surface area contributed by atoms with E-state index in [1.54, 1.807) is 12.1 Å². The number of hydrogen-bond acceptors (Lipinski definition) is 2. The Morgan fingerprint density at radius 2 is 2.00 bits per heavy atom. The molecule has 1 heterocycles. The van der Waals surface area contributed by atoms with Crippen LogP contribution in [0.25, 0.3) is 10.9 Å². The van der Waals surface area contributed by atoms with Crippen molar-refractivity contribution in [2.24, 2.45) is 5.92 Å². The largest absolute Gasteiger partial charge is 0.481 e. The summed E-state index contributed by atoms with van der Waals surface area (Å²) in [6, 6.07) is 9.14. The number of hydrogen-bond donors (Lipinski definition) is 1. The van der Waals surface area contributed by atoms with Gasteiger partial charge in [0.2, 0.25) is 0 Å². The number of carbonyl (C=O) groups is 1. The highest BCUT2D eigenvalue weighted by molar-refractivity contribution is 6.35. The Balaban J connectivity index is 2.58. The normalized spacial score (nSPS) is 12.9. The molecule has 0 spiro atoms. The number of carboxylic acid groups (broad SMARTS) is 1. The molecule has 0 radical (unpaired) electrons. The summed E-state index contributed by atoms with van der Waals surface area (Å²) in [5, 5.41) is 10.7. The van der Waals surface area contributed by atoms with E-state index >= 15 is 0 Å². The van der Waals surface area contributed by atoms with Crippen LogP contribution < -0.4 is 0 Å². The van der Waals surface area contributed by atoms with Gasteiger partial charge in [0.15, 0.2) is 0 Å². The van der Waals surface area contributed by atoms with E-state index in [4.69, 9.17) is 11.6 Å². The van der Waals surface area contributed by atoms with Gasteiger partial charge in [0.1, 0.15) is 5.92 Å². The number of carboxylic acids is 1. The van der Waals surface area contributed by atoms with Gasteiger partial charge < -0.3 is 5.11 Å². The third-order valence-electron chi connectivity index (χ3n) is 2.94. The first kappa shape index (κ1) is 12.8. The van der Waals surface area contributed by atoms with Gasteiger partial charge in [-0.15, -0.1) is 0 Å². The van der Waals surface area contributed by atoms with Crippen molar-refractivity contribution in [3.05, 3.63) is 41.0 Å². The molecule has 18 heavy (non-hydrogen) atoms. The number of para-hydroxylation sites is 1. The van der Waals surface area contributed by atoms with Crippen LogP contribution in [0.15, 0.2) is 30.3 Å². The van der Waals surface area contributed by atoms with Crippen LogP contribution in [0.2, 0.25) is 5.02 Å². The number of rotatable bonds is 3. The van der Waals surface area contributed by atoms with E-state index in [0.29, 0.717) is 16.2 Å². The Hall–Kier alpha value is -1.61. The zero-order valence-corrected chi connectivity index (χ0v) is 11.0. The predicted molar refractivity (Wildman–Crippen MR) is 72.0 cm³/mol. The lowest BCUT2D eigenvalue weighted by atomic mass is 9.92. The van der Waals surface area contributed by atoms with Gasteiger partial charge in [0, 0.05) is 5.39 Å². The molecule has 1 unspecified atom stereocenters. The fraction of sp³-hybridized carbons (Fsp3) is 0.286. The summed E-state index contributed by atoms with van der Waals surface area (Å²) in [5.41, 5.74) is 1.21. The molecule has 4 heteroatoms. The number of halogens is 1. The fourth-order valence-electron chi connectivity index (χ4n) is 2.05.